The summed E-state index contributed by atoms with van der Waals surface area (Å²) in [7, 11) is 1.56. The predicted molar refractivity (Wildman–Crippen MR) is 57.6 cm³/mol. The molecule has 1 aromatic rings. The monoisotopic (exact) mass is 209 g/mol. The second-order valence-electron chi connectivity index (χ2n) is 4.04. The van der Waals surface area contributed by atoms with Crippen molar-refractivity contribution in [3.05, 3.63) is 29.8 Å². The van der Waals surface area contributed by atoms with Crippen molar-refractivity contribution in [2.75, 3.05) is 13.7 Å². The molecule has 0 heterocycles. The summed E-state index contributed by atoms with van der Waals surface area (Å²) in [4.78, 5) is 0. The SMILES string of the molecule is COc1ccccc1C(F)(CN)C1CC1. The number of hydrogen-bond donors (Lipinski definition) is 1. The van der Waals surface area contributed by atoms with Crippen LogP contribution in [-0.4, -0.2) is 13.7 Å². The summed E-state index contributed by atoms with van der Waals surface area (Å²) < 4.78 is 19.9. The standard InChI is InChI=1S/C12H16FNO/c1-15-11-5-3-2-4-10(11)12(13,8-14)9-6-7-9/h2-5,9H,6-8,14H2,1H3. The molecule has 0 aromatic heterocycles. The van der Waals surface area contributed by atoms with Gasteiger partial charge in [0.15, 0.2) is 5.67 Å². The largest absolute Gasteiger partial charge is 0.496 e. The molecule has 1 atom stereocenters. The lowest BCUT2D eigenvalue weighted by Crippen LogP contribution is -2.33. The van der Waals surface area contributed by atoms with Gasteiger partial charge in [0.05, 0.1) is 7.11 Å². The second-order valence-corrected chi connectivity index (χ2v) is 4.04. The van der Waals surface area contributed by atoms with Gasteiger partial charge in [-0.2, -0.15) is 0 Å². The molecule has 0 spiro atoms. The molecule has 2 rings (SSSR count). The maximum absolute atomic E-state index is 14.7. The zero-order valence-corrected chi connectivity index (χ0v) is 8.87. The first kappa shape index (κ1) is 10.4. The van der Waals surface area contributed by atoms with Crippen LogP contribution in [0, 0.1) is 5.92 Å². The Balaban J connectivity index is 2.41. The third-order valence-corrected chi connectivity index (χ3v) is 3.08. The summed E-state index contributed by atoms with van der Waals surface area (Å²) in [5, 5.41) is 0. The molecule has 0 bridgehead atoms. The van der Waals surface area contributed by atoms with Gasteiger partial charge >= 0.3 is 0 Å². The average molecular weight is 209 g/mol. The molecule has 1 aliphatic carbocycles. The fourth-order valence-corrected chi connectivity index (χ4v) is 2.03. The third-order valence-electron chi connectivity index (χ3n) is 3.08. The molecule has 1 aromatic carbocycles. The Kier molecular flexibility index (Phi) is 2.65. The molecule has 2 nitrogen and oxygen atoms in total. The summed E-state index contributed by atoms with van der Waals surface area (Å²) in [6, 6.07) is 7.21. The van der Waals surface area contributed by atoms with E-state index in [9.17, 15) is 4.39 Å². The van der Waals surface area contributed by atoms with Gasteiger partial charge in [0.2, 0.25) is 0 Å². The van der Waals surface area contributed by atoms with Crippen LogP contribution in [0.15, 0.2) is 24.3 Å². The molecule has 15 heavy (non-hydrogen) atoms. The van der Waals surface area contributed by atoms with Crippen molar-refractivity contribution in [3.63, 3.8) is 0 Å². The number of methoxy groups -OCH3 is 1. The van der Waals surface area contributed by atoms with Crippen molar-refractivity contribution in [1.29, 1.82) is 0 Å². The van der Waals surface area contributed by atoms with Gasteiger partial charge in [-0.1, -0.05) is 18.2 Å². The lowest BCUT2D eigenvalue weighted by Gasteiger charge is -2.25. The van der Waals surface area contributed by atoms with Gasteiger partial charge in [0.25, 0.3) is 0 Å². The van der Waals surface area contributed by atoms with E-state index in [0.29, 0.717) is 11.3 Å². The highest BCUT2D eigenvalue weighted by Crippen LogP contribution is 2.50. The fourth-order valence-electron chi connectivity index (χ4n) is 2.03. The predicted octanol–water partition coefficient (Wildman–Crippen LogP) is 2.23. The van der Waals surface area contributed by atoms with Crippen molar-refractivity contribution in [1.82, 2.24) is 0 Å². The van der Waals surface area contributed by atoms with Crippen molar-refractivity contribution in [3.8, 4) is 5.75 Å². The Bertz CT molecular complexity index is 351. The molecule has 1 saturated carbocycles. The van der Waals surface area contributed by atoms with Crippen molar-refractivity contribution >= 4 is 0 Å². The Hall–Kier alpha value is -1.09. The lowest BCUT2D eigenvalue weighted by molar-refractivity contribution is 0.138. The van der Waals surface area contributed by atoms with E-state index >= 15 is 0 Å². The Morgan fingerprint density at radius 2 is 2.13 bits per heavy atom. The minimum absolute atomic E-state index is 0.0258. The van der Waals surface area contributed by atoms with Crippen LogP contribution in [-0.2, 0) is 5.67 Å². The quantitative estimate of drug-likeness (QED) is 0.825. The maximum atomic E-state index is 14.7. The van der Waals surface area contributed by atoms with Crippen LogP contribution in [0.5, 0.6) is 5.75 Å². The summed E-state index contributed by atoms with van der Waals surface area (Å²) in [5.74, 6) is 0.663. The molecule has 0 radical (unpaired) electrons. The zero-order chi connectivity index (χ0) is 10.9. The number of benzene rings is 1. The van der Waals surface area contributed by atoms with Gasteiger partial charge in [-0.15, -0.1) is 0 Å². The van der Waals surface area contributed by atoms with Gasteiger partial charge in [-0.25, -0.2) is 4.39 Å². The molecule has 1 aliphatic rings. The first-order chi connectivity index (χ1) is 7.22. The van der Waals surface area contributed by atoms with E-state index in [2.05, 4.69) is 0 Å². The number of rotatable bonds is 4. The first-order valence-corrected chi connectivity index (χ1v) is 5.25. The van der Waals surface area contributed by atoms with Gasteiger partial charge in [0.1, 0.15) is 5.75 Å². The molecule has 0 aliphatic heterocycles. The normalized spacial score (nSPS) is 19.7. The van der Waals surface area contributed by atoms with E-state index in [0.717, 1.165) is 12.8 Å². The van der Waals surface area contributed by atoms with E-state index in [-0.39, 0.29) is 12.5 Å². The van der Waals surface area contributed by atoms with Crippen LogP contribution in [0.3, 0.4) is 0 Å². The maximum Gasteiger partial charge on any atom is 0.154 e. The first-order valence-electron chi connectivity index (χ1n) is 5.25. The molecule has 3 heteroatoms. The zero-order valence-electron chi connectivity index (χ0n) is 8.87. The van der Waals surface area contributed by atoms with Gasteiger partial charge < -0.3 is 10.5 Å². The van der Waals surface area contributed by atoms with E-state index in [1.54, 1.807) is 19.2 Å². The minimum atomic E-state index is -1.41. The number of para-hydroxylation sites is 1. The highest BCUT2D eigenvalue weighted by Gasteiger charge is 2.47. The smallest absolute Gasteiger partial charge is 0.154 e. The third kappa shape index (κ3) is 1.72. The summed E-state index contributed by atoms with van der Waals surface area (Å²) in [5.41, 5.74) is 4.76. The summed E-state index contributed by atoms with van der Waals surface area (Å²) >= 11 is 0. The minimum Gasteiger partial charge on any atom is -0.496 e. The second kappa shape index (κ2) is 3.81. The number of ether oxygens (including phenoxy) is 1. The Morgan fingerprint density at radius 1 is 1.47 bits per heavy atom. The molecular weight excluding hydrogens is 193 g/mol. The lowest BCUT2D eigenvalue weighted by atomic mass is 9.90. The van der Waals surface area contributed by atoms with Gasteiger partial charge in [-0.3, -0.25) is 0 Å². The van der Waals surface area contributed by atoms with Crippen LogP contribution in [0.2, 0.25) is 0 Å². The Morgan fingerprint density at radius 3 is 2.67 bits per heavy atom. The van der Waals surface area contributed by atoms with E-state index in [1.807, 2.05) is 12.1 Å². The highest BCUT2D eigenvalue weighted by atomic mass is 19.1. The van der Waals surface area contributed by atoms with E-state index in [1.165, 1.54) is 0 Å². The van der Waals surface area contributed by atoms with Crippen LogP contribution < -0.4 is 10.5 Å². The van der Waals surface area contributed by atoms with E-state index in [4.69, 9.17) is 10.5 Å². The van der Waals surface area contributed by atoms with E-state index < -0.39 is 5.67 Å². The van der Waals surface area contributed by atoms with Crippen LogP contribution in [0.25, 0.3) is 0 Å². The molecular formula is C12H16FNO. The van der Waals surface area contributed by atoms with Crippen molar-refractivity contribution in [2.24, 2.45) is 11.7 Å². The van der Waals surface area contributed by atoms with Crippen molar-refractivity contribution < 1.29 is 9.13 Å². The van der Waals surface area contributed by atoms with Gasteiger partial charge in [-0.05, 0) is 24.8 Å². The topological polar surface area (TPSA) is 35.2 Å². The summed E-state index contributed by atoms with van der Waals surface area (Å²) in [6.45, 7) is 0.0258. The van der Waals surface area contributed by atoms with Crippen LogP contribution >= 0.6 is 0 Å². The fraction of sp³-hybridized carbons (Fsp3) is 0.500. The molecule has 0 amide bonds. The number of halogens is 1. The van der Waals surface area contributed by atoms with Gasteiger partial charge in [0, 0.05) is 12.1 Å². The molecule has 2 N–H and O–H groups in total. The van der Waals surface area contributed by atoms with Crippen LogP contribution in [0.1, 0.15) is 18.4 Å². The average Bonchev–Trinajstić information content (AvgIpc) is 3.12. The molecule has 0 saturated heterocycles. The Labute approximate surface area is 89.2 Å². The number of alkyl halides is 1. The summed E-state index contributed by atoms with van der Waals surface area (Å²) in [6.07, 6.45) is 1.84. The molecule has 1 fully saturated rings. The molecule has 1 unspecified atom stereocenters. The molecule has 82 valence electrons. The number of hydrogen-bond acceptors (Lipinski definition) is 2. The number of nitrogens with two attached hydrogens (primary N) is 1. The highest BCUT2D eigenvalue weighted by molar-refractivity contribution is 5.39. The van der Waals surface area contributed by atoms with Crippen LogP contribution in [0.4, 0.5) is 4.39 Å². The van der Waals surface area contributed by atoms with Crippen molar-refractivity contribution in [2.45, 2.75) is 18.5 Å².